The molecule has 0 heterocycles. The molecule has 0 aliphatic heterocycles. The molecule has 0 fully saturated rings. The molecule has 5 nitrogen and oxygen atoms in total. The van der Waals surface area contributed by atoms with Gasteiger partial charge in [-0.1, -0.05) is 37.3 Å². The summed E-state index contributed by atoms with van der Waals surface area (Å²) in [4.78, 5) is 14.5. The Morgan fingerprint density at radius 3 is 2.57 bits per heavy atom. The van der Waals surface area contributed by atoms with Gasteiger partial charge in [0.2, 0.25) is 5.91 Å². The van der Waals surface area contributed by atoms with Crippen molar-refractivity contribution < 1.29 is 9.53 Å². The smallest absolute Gasteiger partial charge is 0.241 e. The molecule has 1 amide bonds. The fourth-order valence-electron chi connectivity index (χ4n) is 2.09. The zero-order valence-corrected chi connectivity index (χ0v) is 13.3. The second kappa shape index (κ2) is 10.3. The van der Waals surface area contributed by atoms with E-state index in [9.17, 15) is 4.79 Å². The number of likely N-dealkylation sites (N-methyl/N-ethyl adjacent to an activating group) is 1. The highest BCUT2D eigenvalue weighted by Crippen LogP contribution is 2.18. The number of hydrogen-bond donors (Lipinski definition) is 2. The van der Waals surface area contributed by atoms with Crippen LogP contribution in [0.4, 0.5) is 0 Å². The first kappa shape index (κ1) is 17.6. The lowest BCUT2D eigenvalue weighted by atomic mass is 10.0. The number of carbonyl (C=O) groups is 1. The molecule has 1 rings (SSSR count). The van der Waals surface area contributed by atoms with Crippen LogP contribution in [0.25, 0.3) is 0 Å². The third kappa shape index (κ3) is 6.25. The Morgan fingerprint density at radius 1 is 1.24 bits per heavy atom. The van der Waals surface area contributed by atoms with E-state index in [4.69, 9.17) is 4.74 Å². The molecule has 118 valence electrons. The summed E-state index contributed by atoms with van der Waals surface area (Å²) < 4.78 is 4.96. The van der Waals surface area contributed by atoms with E-state index < -0.39 is 0 Å². The predicted octanol–water partition coefficient (Wildman–Crippen LogP) is 1.03. The summed E-state index contributed by atoms with van der Waals surface area (Å²) >= 11 is 0. The van der Waals surface area contributed by atoms with E-state index in [2.05, 4.69) is 17.6 Å². The summed E-state index contributed by atoms with van der Waals surface area (Å²) in [5, 5.41) is 6.20. The molecule has 1 aromatic rings. The van der Waals surface area contributed by atoms with Crippen LogP contribution in [0.2, 0.25) is 0 Å². The van der Waals surface area contributed by atoms with E-state index in [0.717, 1.165) is 25.2 Å². The highest BCUT2D eigenvalue weighted by atomic mass is 16.5. The van der Waals surface area contributed by atoms with Crippen LogP contribution in [0.1, 0.15) is 18.5 Å². The lowest BCUT2D eigenvalue weighted by molar-refractivity contribution is -0.126. The summed E-state index contributed by atoms with van der Waals surface area (Å²) in [5.74, 6) is 0.0408. The molecule has 0 aliphatic rings. The minimum atomic E-state index is -0.241. The van der Waals surface area contributed by atoms with Crippen molar-refractivity contribution in [3.63, 3.8) is 0 Å². The summed E-state index contributed by atoms with van der Waals surface area (Å²) in [6, 6.07) is 9.64. The first-order chi connectivity index (χ1) is 10.2. The number of methoxy groups -OCH3 is 1. The van der Waals surface area contributed by atoms with Crippen LogP contribution in [0.15, 0.2) is 30.3 Å². The number of benzene rings is 1. The highest BCUT2D eigenvalue weighted by Gasteiger charge is 2.23. The fraction of sp³-hybridized carbons (Fsp3) is 0.562. The number of rotatable bonds is 10. The van der Waals surface area contributed by atoms with Gasteiger partial charge < -0.3 is 15.4 Å². The SMILES string of the molecule is CCN(C)C(C(=O)NCCNCCOC)c1ccccc1. The standard InChI is InChI=1S/C16H27N3O2/c1-4-19(2)15(14-8-6-5-7-9-14)16(20)18-11-10-17-12-13-21-3/h5-9,15,17H,4,10-13H2,1-3H3,(H,18,20). The maximum absolute atomic E-state index is 12.4. The Bertz CT molecular complexity index is 398. The normalized spacial score (nSPS) is 12.4. The molecule has 0 bridgehead atoms. The molecule has 2 N–H and O–H groups in total. The third-order valence-electron chi connectivity index (χ3n) is 3.39. The van der Waals surface area contributed by atoms with Crippen LogP contribution in [-0.2, 0) is 9.53 Å². The summed E-state index contributed by atoms with van der Waals surface area (Å²) in [6.45, 7) is 5.70. The summed E-state index contributed by atoms with van der Waals surface area (Å²) in [5.41, 5.74) is 1.02. The maximum atomic E-state index is 12.4. The lowest BCUT2D eigenvalue weighted by Gasteiger charge is -2.26. The lowest BCUT2D eigenvalue weighted by Crippen LogP contribution is -2.41. The zero-order valence-electron chi connectivity index (χ0n) is 13.3. The largest absolute Gasteiger partial charge is 0.383 e. The van der Waals surface area contributed by atoms with Gasteiger partial charge in [0, 0.05) is 26.7 Å². The molecular formula is C16H27N3O2. The molecule has 0 saturated heterocycles. The van der Waals surface area contributed by atoms with E-state index in [-0.39, 0.29) is 11.9 Å². The van der Waals surface area contributed by atoms with Crippen molar-refractivity contribution in [2.45, 2.75) is 13.0 Å². The summed E-state index contributed by atoms with van der Waals surface area (Å²) in [7, 11) is 3.64. The average molecular weight is 293 g/mol. The van der Waals surface area contributed by atoms with Crippen LogP contribution in [0.3, 0.4) is 0 Å². The monoisotopic (exact) mass is 293 g/mol. The zero-order chi connectivity index (χ0) is 15.5. The Morgan fingerprint density at radius 2 is 1.95 bits per heavy atom. The first-order valence-corrected chi connectivity index (χ1v) is 7.43. The van der Waals surface area contributed by atoms with Gasteiger partial charge in [-0.3, -0.25) is 9.69 Å². The molecule has 1 aromatic carbocycles. The highest BCUT2D eigenvalue weighted by molar-refractivity contribution is 5.83. The van der Waals surface area contributed by atoms with Gasteiger partial charge in [-0.05, 0) is 19.2 Å². The molecule has 1 atom stereocenters. The van der Waals surface area contributed by atoms with Crippen LogP contribution in [0.5, 0.6) is 0 Å². The Labute approximate surface area is 127 Å². The van der Waals surface area contributed by atoms with Gasteiger partial charge in [0.15, 0.2) is 0 Å². The minimum Gasteiger partial charge on any atom is -0.383 e. The van der Waals surface area contributed by atoms with Gasteiger partial charge in [0.25, 0.3) is 0 Å². The Kier molecular flexibility index (Phi) is 8.66. The molecule has 5 heteroatoms. The molecule has 1 unspecified atom stereocenters. The van der Waals surface area contributed by atoms with Gasteiger partial charge in [-0.2, -0.15) is 0 Å². The quantitative estimate of drug-likeness (QED) is 0.633. The molecule has 0 saturated carbocycles. The summed E-state index contributed by atoms with van der Waals surface area (Å²) in [6.07, 6.45) is 0. The average Bonchev–Trinajstić information content (AvgIpc) is 2.51. The molecule has 0 spiro atoms. The Balaban J connectivity index is 2.49. The number of amides is 1. The van der Waals surface area contributed by atoms with Gasteiger partial charge in [-0.25, -0.2) is 0 Å². The fourth-order valence-corrected chi connectivity index (χ4v) is 2.09. The second-order valence-electron chi connectivity index (χ2n) is 4.92. The van der Waals surface area contributed by atoms with Crippen molar-refractivity contribution in [2.75, 3.05) is 46.9 Å². The van der Waals surface area contributed by atoms with E-state index in [1.807, 2.05) is 42.3 Å². The van der Waals surface area contributed by atoms with Crippen molar-refractivity contribution >= 4 is 5.91 Å². The van der Waals surface area contributed by atoms with Gasteiger partial charge in [-0.15, -0.1) is 0 Å². The van der Waals surface area contributed by atoms with Crippen LogP contribution in [0, 0.1) is 0 Å². The topological polar surface area (TPSA) is 53.6 Å². The number of nitrogens with one attached hydrogen (secondary N) is 2. The second-order valence-corrected chi connectivity index (χ2v) is 4.92. The molecule has 0 aliphatic carbocycles. The third-order valence-corrected chi connectivity index (χ3v) is 3.39. The molecule has 0 aromatic heterocycles. The molecular weight excluding hydrogens is 266 g/mol. The van der Waals surface area contributed by atoms with E-state index in [1.165, 1.54) is 0 Å². The first-order valence-electron chi connectivity index (χ1n) is 7.43. The van der Waals surface area contributed by atoms with Crippen LogP contribution >= 0.6 is 0 Å². The number of ether oxygens (including phenoxy) is 1. The van der Waals surface area contributed by atoms with Crippen LogP contribution < -0.4 is 10.6 Å². The number of carbonyl (C=O) groups excluding carboxylic acids is 1. The predicted molar refractivity (Wildman–Crippen MR) is 85.2 cm³/mol. The maximum Gasteiger partial charge on any atom is 0.241 e. The van der Waals surface area contributed by atoms with Gasteiger partial charge in [0.1, 0.15) is 6.04 Å². The molecule has 0 radical (unpaired) electrons. The minimum absolute atomic E-state index is 0.0408. The van der Waals surface area contributed by atoms with E-state index in [1.54, 1.807) is 7.11 Å². The van der Waals surface area contributed by atoms with Crippen LogP contribution in [-0.4, -0.2) is 57.8 Å². The number of hydrogen-bond acceptors (Lipinski definition) is 4. The van der Waals surface area contributed by atoms with Crippen molar-refractivity contribution in [3.05, 3.63) is 35.9 Å². The van der Waals surface area contributed by atoms with Gasteiger partial charge in [0.05, 0.1) is 6.61 Å². The van der Waals surface area contributed by atoms with Crippen molar-refractivity contribution in [1.29, 1.82) is 0 Å². The number of nitrogens with zero attached hydrogens (tertiary/aromatic N) is 1. The van der Waals surface area contributed by atoms with E-state index >= 15 is 0 Å². The Hall–Kier alpha value is -1.43. The van der Waals surface area contributed by atoms with Crippen molar-refractivity contribution in [1.82, 2.24) is 15.5 Å². The van der Waals surface area contributed by atoms with E-state index in [0.29, 0.717) is 13.2 Å². The molecule has 21 heavy (non-hydrogen) atoms. The van der Waals surface area contributed by atoms with Crippen molar-refractivity contribution in [3.8, 4) is 0 Å². The van der Waals surface area contributed by atoms with Crippen molar-refractivity contribution in [2.24, 2.45) is 0 Å². The van der Waals surface area contributed by atoms with Gasteiger partial charge >= 0.3 is 0 Å².